The van der Waals surface area contributed by atoms with Gasteiger partial charge < -0.3 is 14.8 Å². The van der Waals surface area contributed by atoms with Gasteiger partial charge in [0.05, 0.1) is 6.54 Å². The summed E-state index contributed by atoms with van der Waals surface area (Å²) >= 11 is 1.55. The Kier molecular flexibility index (Phi) is 6.96. The number of nitrogens with one attached hydrogen (secondary N) is 1. The number of rotatable bonds is 7. The van der Waals surface area contributed by atoms with Crippen molar-refractivity contribution in [3.8, 4) is 0 Å². The molecule has 146 valence electrons. The molecule has 0 saturated heterocycles. The molecule has 0 aliphatic rings. The van der Waals surface area contributed by atoms with Crippen molar-refractivity contribution in [2.24, 2.45) is 5.92 Å². The van der Waals surface area contributed by atoms with Crippen LogP contribution in [0, 0.1) is 5.92 Å². The molecule has 0 bridgehead atoms. The van der Waals surface area contributed by atoms with Gasteiger partial charge in [-0.15, -0.1) is 11.3 Å². The number of hydrogen-bond donors (Lipinski definition) is 1. The Hall–Kier alpha value is -2.41. The molecule has 7 heteroatoms. The largest absolute Gasteiger partial charge is 0.352 e. The summed E-state index contributed by atoms with van der Waals surface area (Å²) in [6.07, 6.45) is 3.07. The maximum absolute atomic E-state index is 12.9. The van der Waals surface area contributed by atoms with Crippen molar-refractivity contribution in [1.82, 2.24) is 14.8 Å². The minimum atomic E-state index is -0.531. The van der Waals surface area contributed by atoms with E-state index in [4.69, 9.17) is 0 Å². The number of amides is 2. The maximum atomic E-state index is 12.9. The fraction of sp³-hybridized carbons (Fsp3) is 0.450. The van der Waals surface area contributed by atoms with E-state index in [9.17, 15) is 14.4 Å². The van der Waals surface area contributed by atoms with Gasteiger partial charge in [0.2, 0.25) is 5.43 Å². The number of thiophene rings is 1. The standard InChI is InChI=1S/C20H27N3O3S/c1-13(2)9-21-19(25)16-11-23(14(3)4)12-17(18(16)24)20(26)22(5)10-15-7-6-8-27-15/h6-8,11-14H,9-10H2,1-5H3,(H,21,25). The van der Waals surface area contributed by atoms with Crippen molar-refractivity contribution >= 4 is 23.2 Å². The molecule has 0 unspecified atom stereocenters. The molecule has 2 amide bonds. The predicted octanol–water partition coefficient (Wildman–Crippen LogP) is 3.15. The smallest absolute Gasteiger partial charge is 0.259 e. The van der Waals surface area contributed by atoms with E-state index in [0.717, 1.165) is 4.88 Å². The van der Waals surface area contributed by atoms with Crippen LogP contribution in [-0.4, -0.2) is 34.9 Å². The molecule has 2 aromatic heterocycles. The van der Waals surface area contributed by atoms with Gasteiger partial charge in [0.1, 0.15) is 11.1 Å². The van der Waals surface area contributed by atoms with E-state index in [-0.39, 0.29) is 29.0 Å². The Balaban J connectivity index is 2.38. The lowest BCUT2D eigenvalue weighted by Crippen LogP contribution is -2.37. The van der Waals surface area contributed by atoms with Crippen LogP contribution >= 0.6 is 11.3 Å². The second-order valence-corrected chi connectivity index (χ2v) is 8.33. The monoisotopic (exact) mass is 389 g/mol. The second kappa shape index (κ2) is 8.99. The van der Waals surface area contributed by atoms with Crippen LogP contribution in [0.5, 0.6) is 0 Å². The van der Waals surface area contributed by atoms with E-state index in [1.165, 1.54) is 11.1 Å². The molecule has 2 heterocycles. The van der Waals surface area contributed by atoms with E-state index in [0.29, 0.717) is 13.1 Å². The van der Waals surface area contributed by atoms with Crippen LogP contribution < -0.4 is 10.7 Å². The van der Waals surface area contributed by atoms with Crippen molar-refractivity contribution in [3.05, 3.63) is 56.1 Å². The molecule has 0 aromatic carbocycles. The quantitative estimate of drug-likeness (QED) is 0.791. The minimum absolute atomic E-state index is 0.000256. The first-order valence-corrected chi connectivity index (χ1v) is 9.90. The SMILES string of the molecule is CC(C)CNC(=O)c1cn(C(C)C)cc(C(=O)N(C)Cc2cccs2)c1=O. The molecule has 6 nitrogen and oxygen atoms in total. The summed E-state index contributed by atoms with van der Waals surface area (Å²) in [5.74, 6) is -0.567. The number of carbonyl (C=O) groups excluding carboxylic acids is 2. The third-order valence-corrected chi connectivity index (χ3v) is 4.97. The summed E-state index contributed by atoms with van der Waals surface area (Å²) in [6.45, 7) is 8.71. The Morgan fingerprint density at radius 1 is 1.19 bits per heavy atom. The van der Waals surface area contributed by atoms with Gasteiger partial charge >= 0.3 is 0 Å². The topological polar surface area (TPSA) is 71.4 Å². The molecule has 0 spiro atoms. The molecule has 0 aliphatic heterocycles. The highest BCUT2D eigenvalue weighted by Crippen LogP contribution is 2.13. The van der Waals surface area contributed by atoms with Gasteiger partial charge in [0.15, 0.2) is 0 Å². The van der Waals surface area contributed by atoms with Gasteiger partial charge in [-0.3, -0.25) is 14.4 Å². The summed E-state index contributed by atoms with van der Waals surface area (Å²) in [4.78, 5) is 40.8. The van der Waals surface area contributed by atoms with Crippen molar-refractivity contribution in [1.29, 1.82) is 0 Å². The summed E-state index contributed by atoms with van der Waals surface area (Å²) in [5.41, 5.74) is -0.518. The van der Waals surface area contributed by atoms with Crippen LogP contribution in [0.4, 0.5) is 0 Å². The molecule has 1 N–H and O–H groups in total. The van der Waals surface area contributed by atoms with Gasteiger partial charge in [0.25, 0.3) is 11.8 Å². The predicted molar refractivity (Wildman–Crippen MR) is 108 cm³/mol. The Labute approximate surface area is 163 Å². The average molecular weight is 390 g/mol. The van der Waals surface area contributed by atoms with Gasteiger partial charge in [-0.25, -0.2) is 0 Å². The molecule has 0 aliphatic carbocycles. The number of carbonyl (C=O) groups is 2. The second-order valence-electron chi connectivity index (χ2n) is 7.30. The van der Waals surface area contributed by atoms with Gasteiger partial charge in [-0.2, -0.15) is 0 Å². The van der Waals surface area contributed by atoms with Crippen LogP contribution in [0.3, 0.4) is 0 Å². The first kappa shape index (κ1) is 20.9. The Bertz CT molecular complexity index is 854. The summed E-state index contributed by atoms with van der Waals surface area (Å²) in [7, 11) is 1.66. The lowest BCUT2D eigenvalue weighted by molar-refractivity contribution is 0.0784. The van der Waals surface area contributed by atoms with E-state index < -0.39 is 11.3 Å². The molecular formula is C20H27N3O3S. The number of pyridine rings is 1. The molecule has 0 radical (unpaired) electrons. The summed E-state index contributed by atoms with van der Waals surface area (Å²) in [5, 5.41) is 4.71. The van der Waals surface area contributed by atoms with Crippen LogP contribution in [0.15, 0.2) is 34.7 Å². The van der Waals surface area contributed by atoms with E-state index >= 15 is 0 Å². The van der Waals surface area contributed by atoms with E-state index in [2.05, 4.69) is 5.32 Å². The molecular weight excluding hydrogens is 362 g/mol. The van der Waals surface area contributed by atoms with Crippen LogP contribution in [0.25, 0.3) is 0 Å². The average Bonchev–Trinajstić information content (AvgIpc) is 3.11. The first-order valence-electron chi connectivity index (χ1n) is 9.02. The van der Waals surface area contributed by atoms with Crippen LogP contribution in [0.2, 0.25) is 0 Å². The van der Waals surface area contributed by atoms with Gasteiger partial charge in [-0.1, -0.05) is 19.9 Å². The summed E-state index contributed by atoms with van der Waals surface area (Å²) in [6, 6.07) is 3.87. The zero-order valence-electron chi connectivity index (χ0n) is 16.5. The number of nitrogens with zero attached hydrogens (tertiary/aromatic N) is 2. The molecule has 2 rings (SSSR count). The normalized spacial score (nSPS) is 11.1. The molecule has 27 heavy (non-hydrogen) atoms. The lowest BCUT2D eigenvalue weighted by atomic mass is 10.1. The van der Waals surface area contributed by atoms with Crippen molar-refractivity contribution < 1.29 is 9.59 Å². The van der Waals surface area contributed by atoms with E-state index in [1.807, 2.05) is 45.2 Å². The third kappa shape index (κ3) is 5.29. The van der Waals surface area contributed by atoms with Crippen LogP contribution in [0.1, 0.15) is 59.3 Å². The Morgan fingerprint density at radius 3 is 2.41 bits per heavy atom. The highest BCUT2D eigenvalue weighted by molar-refractivity contribution is 7.09. The van der Waals surface area contributed by atoms with Crippen molar-refractivity contribution in [3.63, 3.8) is 0 Å². The molecule has 0 saturated carbocycles. The molecule has 2 aromatic rings. The van der Waals surface area contributed by atoms with Gasteiger partial charge in [-0.05, 0) is 31.2 Å². The minimum Gasteiger partial charge on any atom is -0.352 e. The molecule has 0 atom stereocenters. The molecule has 0 fully saturated rings. The fourth-order valence-corrected chi connectivity index (χ4v) is 3.27. The lowest BCUT2D eigenvalue weighted by Gasteiger charge is -2.19. The zero-order valence-corrected chi connectivity index (χ0v) is 17.3. The number of hydrogen-bond acceptors (Lipinski definition) is 4. The van der Waals surface area contributed by atoms with Gasteiger partial charge in [0, 0.05) is 36.9 Å². The number of aromatic nitrogens is 1. The maximum Gasteiger partial charge on any atom is 0.259 e. The first-order chi connectivity index (χ1) is 12.7. The Morgan fingerprint density at radius 2 is 1.85 bits per heavy atom. The highest BCUT2D eigenvalue weighted by atomic mass is 32.1. The van der Waals surface area contributed by atoms with E-state index in [1.54, 1.807) is 29.1 Å². The highest BCUT2D eigenvalue weighted by Gasteiger charge is 2.22. The van der Waals surface area contributed by atoms with Crippen molar-refractivity contribution in [2.45, 2.75) is 40.3 Å². The zero-order chi connectivity index (χ0) is 20.1. The third-order valence-electron chi connectivity index (χ3n) is 4.11. The van der Waals surface area contributed by atoms with Crippen LogP contribution in [-0.2, 0) is 6.54 Å². The summed E-state index contributed by atoms with van der Waals surface area (Å²) < 4.78 is 1.73. The fourth-order valence-electron chi connectivity index (χ4n) is 2.52. The van der Waals surface area contributed by atoms with Crippen molar-refractivity contribution in [2.75, 3.05) is 13.6 Å².